The lowest BCUT2D eigenvalue weighted by molar-refractivity contribution is -0.124. The number of ketones is 1. The Labute approximate surface area is 116 Å². The van der Waals surface area contributed by atoms with Crippen molar-refractivity contribution in [3.8, 4) is 0 Å². The highest BCUT2D eigenvalue weighted by Crippen LogP contribution is 2.30. The number of rotatable bonds is 5. The highest BCUT2D eigenvalue weighted by atomic mass is 16.1. The first-order valence-electron chi connectivity index (χ1n) is 7.50. The Bertz CT molecular complexity index is 401. The fourth-order valence-corrected chi connectivity index (χ4v) is 3.10. The molecule has 1 aliphatic rings. The minimum Gasteiger partial charge on any atom is -0.324 e. The van der Waals surface area contributed by atoms with Crippen molar-refractivity contribution in [3.05, 3.63) is 35.9 Å². The van der Waals surface area contributed by atoms with Gasteiger partial charge in [0.2, 0.25) is 0 Å². The molecule has 2 rings (SSSR count). The summed E-state index contributed by atoms with van der Waals surface area (Å²) in [4.78, 5) is 12.2. The van der Waals surface area contributed by atoms with Crippen LogP contribution in [0.15, 0.2) is 30.3 Å². The number of nitrogens with two attached hydrogens (primary N) is 1. The van der Waals surface area contributed by atoms with E-state index in [1.54, 1.807) is 0 Å². The summed E-state index contributed by atoms with van der Waals surface area (Å²) in [5.41, 5.74) is 7.28. The second-order valence-corrected chi connectivity index (χ2v) is 5.99. The van der Waals surface area contributed by atoms with E-state index in [4.69, 9.17) is 5.73 Å². The maximum absolute atomic E-state index is 12.2. The predicted octanol–water partition coefficient (Wildman–Crippen LogP) is 3.86. The SMILES string of the molecule is CC1CCCC(C(=O)CCC(N)c2ccccc2)C1. The van der Waals surface area contributed by atoms with Gasteiger partial charge in [0, 0.05) is 18.4 Å². The zero-order valence-electron chi connectivity index (χ0n) is 11.8. The average Bonchev–Trinajstić information content (AvgIpc) is 2.45. The third-order valence-electron chi connectivity index (χ3n) is 4.32. The maximum Gasteiger partial charge on any atom is 0.136 e. The van der Waals surface area contributed by atoms with E-state index in [9.17, 15) is 4.79 Å². The molecule has 3 unspecified atom stereocenters. The van der Waals surface area contributed by atoms with Gasteiger partial charge in [-0.3, -0.25) is 4.79 Å². The molecule has 0 aliphatic heterocycles. The van der Waals surface area contributed by atoms with Crippen LogP contribution in [0.25, 0.3) is 0 Å². The topological polar surface area (TPSA) is 43.1 Å². The molecule has 1 aromatic carbocycles. The highest BCUT2D eigenvalue weighted by Gasteiger charge is 2.24. The van der Waals surface area contributed by atoms with Gasteiger partial charge in [-0.15, -0.1) is 0 Å². The third kappa shape index (κ3) is 4.17. The van der Waals surface area contributed by atoms with Crippen LogP contribution in [0.1, 0.15) is 57.1 Å². The normalized spacial score (nSPS) is 24.9. The van der Waals surface area contributed by atoms with Gasteiger partial charge in [-0.2, -0.15) is 0 Å². The summed E-state index contributed by atoms with van der Waals surface area (Å²) in [5, 5.41) is 0. The molecular formula is C17H25NO. The summed E-state index contributed by atoms with van der Waals surface area (Å²) in [6.45, 7) is 2.26. The Balaban J connectivity index is 1.80. The first kappa shape index (κ1) is 14.3. The van der Waals surface area contributed by atoms with Crippen LogP contribution in [0.4, 0.5) is 0 Å². The summed E-state index contributed by atoms with van der Waals surface area (Å²) in [7, 11) is 0. The van der Waals surface area contributed by atoms with E-state index in [0.717, 1.165) is 24.8 Å². The molecular weight excluding hydrogens is 234 g/mol. The van der Waals surface area contributed by atoms with Gasteiger partial charge in [0.05, 0.1) is 0 Å². The van der Waals surface area contributed by atoms with E-state index in [-0.39, 0.29) is 6.04 Å². The van der Waals surface area contributed by atoms with Crippen LogP contribution >= 0.6 is 0 Å². The van der Waals surface area contributed by atoms with Crippen LogP contribution in [0.2, 0.25) is 0 Å². The maximum atomic E-state index is 12.2. The van der Waals surface area contributed by atoms with Crippen molar-refractivity contribution < 1.29 is 4.79 Å². The first-order chi connectivity index (χ1) is 9.16. The zero-order chi connectivity index (χ0) is 13.7. The Kier molecular flexibility index (Phi) is 5.15. The second kappa shape index (κ2) is 6.85. The molecule has 1 aliphatic carbocycles. The van der Waals surface area contributed by atoms with Gasteiger partial charge >= 0.3 is 0 Å². The monoisotopic (exact) mass is 259 g/mol. The lowest BCUT2D eigenvalue weighted by atomic mass is 9.79. The highest BCUT2D eigenvalue weighted by molar-refractivity contribution is 5.81. The molecule has 0 amide bonds. The fourth-order valence-electron chi connectivity index (χ4n) is 3.10. The van der Waals surface area contributed by atoms with Gasteiger partial charge in [0.1, 0.15) is 5.78 Å². The molecule has 0 spiro atoms. The molecule has 0 aromatic heterocycles. The second-order valence-electron chi connectivity index (χ2n) is 5.99. The summed E-state index contributed by atoms with van der Waals surface area (Å²) in [5.74, 6) is 1.44. The molecule has 104 valence electrons. The van der Waals surface area contributed by atoms with Crippen LogP contribution in [0, 0.1) is 11.8 Å². The number of carbonyl (C=O) groups excluding carboxylic acids is 1. The van der Waals surface area contributed by atoms with Gasteiger partial charge in [-0.05, 0) is 30.7 Å². The van der Waals surface area contributed by atoms with Crippen molar-refractivity contribution in [1.29, 1.82) is 0 Å². The van der Waals surface area contributed by atoms with Crippen molar-refractivity contribution in [2.45, 2.75) is 51.5 Å². The van der Waals surface area contributed by atoms with Crippen molar-refractivity contribution in [1.82, 2.24) is 0 Å². The van der Waals surface area contributed by atoms with Gasteiger partial charge in [-0.1, -0.05) is 50.1 Å². The third-order valence-corrected chi connectivity index (χ3v) is 4.32. The average molecular weight is 259 g/mol. The van der Waals surface area contributed by atoms with E-state index in [2.05, 4.69) is 6.92 Å². The molecule has 1 fully saturated rings. The van der Waals surface area contributed by atoms with Crippen molar-refractivity contribution >= 4 is 5.78 Å². The Hall–Kier alpha value is -1.15. The summed E-state index contributed by atoms with van der Waals surface area (Å²) < 4.78 is 0. The van der Waals surface area contributed by atoms with Gasteiger partial charge in [0.15, 0.2) is 0 Å². The number of Topliss-reactive ketones (excluding diaryl/α,β-unsaturated/α-hetero) is 1. The first-order valence-corrected chi connectivity index (χ1v) is 7.50. The standard InChI is InChI=1S/C17H25NO/c1-13-6-5-9-15(12-13)17(19)11-10-16(18)14-7-3-2-4-8-14/h2-4,7-8,13,15-16H,5-6,9-12,18H2,1H3. The molecule has 3 atom stereocenters. The summed E-state index contributed by atoms with van der Waals surface area (Å²) in [6, 6.07) is 10.1. The smallest absolute Gasteiger partial charge is 0.136 e. The minimum atomic E-state index is -0.00818. The van der Waals surface area contributed by atoms with E-state index >= 15 is 0 Å². The molecule has 19 heavy (non-hydrogen) atoms. The van der Waals surface area contributed by atoms with E-state index < -0.39 is 0 Å². The van der Waals surface area contributed by atoms with Gasteiger partial charge < -0.3 is 5.73 Å². The van der Waals surface area contributed by atoms with Crippen LogP contribution < -0.4 is 5.73 Å². The van der Waals surface area contributed by atoms with Crippen molar-refractivity contribution in [2.24, 2.45) is 17.6 Å². The molecule has 2 nitrogen and oxygen atoms in total. The lowest BCUT2D eigenvalue weighted by Gasteiger charge is -2.26. The lowest BCUT2D eigenvalue weighted by Crippen LogP contribution is -2.23. The van der Waals surface area contributed by atoms with E-state index in [1.807, 2.05) is 30.3 Å². The van der Waals surface area contributed by atoms with Crippen LogP contribution in [0.5, 0.6) is 0 Å². The Morgan fingerprint density at radius 1 is 1.32 bits per heavy atom. The van der Waals surface area contributed by atoms with Gasteiger partial charge in [0.25, 0.3) is 0 Å². The minimum absolute atomic E-state index is 0.00818. The number of benzene rings is 1. The zero-order valence-corrected chi connectivity index (χ0v) is 11.8. The van der Waals surface area contributed by atoms with E-state index in [1.165, 1.54) is 12.8 Å². The van der Waals surface area contributed by atoms with Crippen LogP contribution in [0.3, 0.4) is 0 Å². The van der Waals surface area contributed by atoms with Crippen LogP contribution in [-0.4, -0.2) is 5.78 Å². The summed E-state index contributed by atoms with van der Waals surface area (Å²) >= 11 is 0. The predicted molar refractivity (Wildman–Crippen MR) is 78.7 cm³/mol. The van der Waals surface area contributed by atoms with Crippen molar-refractivity contribution in [2.75, 3.05) is 0 Å². The van der Waals surface area contributed by atoms with Crippen molar-refractivity contribution in [3.63, 3.8) is 0 Å². The molecule has 1 saturated carbocycles. The molecule has 0 heterocycles. The quantitative estimate of drug-likeness (QED) is 0.872. The molecule has 2 heteroatoms. The number of carbonyl (C=O) groups is 1. The molecule has 0 bridgehead atoms. The number of hydrogen-bond acceptors (Lipinski definition) is 2. The molecule has 1 aromatic rings. The Morgan fingerprint density at radius 2 is 2.05 bits per heavy atom. The number of hydrogen-bond donors (Lipinski definition) is 1. The summed E-state index contributed by atoms with van der Waals surface area (Å²) in [6.07, 6.45) is 6.07. The largest absolute Gasteiger partial charge is 0.324 e. The Morgan fingerprint density at radius 3 is 2.74 bits per heavy atom. The van der Waals surface area contributed by atoms with E-state index in [0.29, 0.717) is 24.0 Å². The van der Waals surface area contributed by atoms with Gasteiger partial charge in [-0.25, -0.2) is 0 Å². The molecule has 0 saturated heterocycles. The molecule has 2 N–H and O–H groups in total. The van der Waals surface area contributed by atoms with Crippen LogP contribution in [-0.2, 0) is 4.79 Å². The molecule has 0 radical (unpaired) electrons. The fraction of sp³-hybridized carbons (Fsp3) is 0.588.